The first-order valence-corrected chi connectivity index (χ1v) is 7.60. The summed E-state index contributed by atoms with van der Waals surface area (Å²) >= 11 is 0. The van der Waals surface area contributed by atoms with E-state index < -0.39 is 0 Å². The highest BCUT2D eigenvalue weighted by molar-refractivity contribution is 5.97. The molecule has 0 radical (unpaired) electrons. The van der Waals surface area contributed by atoms with E-state index >= 15 is 0 Å². The Morgan fingerprint density at radius 1 is 1.05 bits per heavy atom. The Balaban J connectivity index is 2.23. The van der Waals surface area contributed by atoms with E-state index in [1.807, 2.05) is 0 Å². The van der Waals surface area contributed by atoms with Crippen LogP contribution >= 0.6 is 0 Å². The molecule has 0 amide bonds. The van der Waals surface area contributed by atoms with Crippen LogP contribution in [-0.4, -0.2) is 0 Å². The molecule has 20 heavy (non-hydrogen) atoms. The normalized spacial score (nSPS) is 16.1. The Kier molecular flexibility index (Phi) is 3.48. The monoisotopic (exact) mass is 262 g/mol. The number of benzene rings is 2. The van der Waals surface area contributed by atoms with E-state index in [4.69, 9.17) is 0 Å². The van der Waals surface area contributed by atoms with E-state index in [1.54, 1.807) is 0 Å². The standard InChI is InChI=1S/C20H22/c1-4-14(2)16-10-7-11-19(16)20-13-12-15(3)17-8-5-6-9-18(17)20/h5-10,12-14H,4,11H2,1-3H3. The van der Waals surface area contributed by atoms with Crippen molar-refractivity contribution in [2.75, 3.05) is 0 Å². The Hall–Kier alpha value is -1.82. The second-order valence-electron chi connectivity index (χ2n) is 5.83. The first-order chi connectivity index (χ1) is 9.72. The van der Waals surface area contributed by atoms with Crippen LogP contribution in [0.5, 0.6) is 0 Å². The summed E-state index contributed by atoms with van der Waals surface area (Å²) in [6.45, 7) is 6.80. The topological polar surface area (TPSA) is 0 Å². The average Bonchev–Trinajstić information content (AvgIpc) is 2.96. The molecular weight excluding hydrogens is 240 g/mol. The Labute approximate surface area is 121 Å². The van der Waals surface area contributed by atoms with Crippen molar-refractivity contribution >= 4 is 16.3 Å². The summed E-state index contributed by atoms with van der Waals surface area (Å²) in [4.78, 5) is 0. The van der Waals surface area contributed by atoms with E-state index in [0.717, 1.165) is 6.42 Å². The van der Waals surface area contributed by atoms with Crippen LogP contribution in [0.1, 0.15) is 37.8 Å². The maximum absolute atomic E-state index is 2.33. The van der Waals surface area contributed by atoms with Gasteiger partial charge in [-0.3, -0.25) is 0 Å². The smallest absolute Gasteiger partial charge is 0.00852 e. The van der Waals surface area contributed by atoms with Crippen LogP contribution in [0.25, 0.3) is 16.3 Å². The van der Waals surface area contributed by atoms with Gasteiger partial charge in [0, 0.05) is 0 Å². The average molecular weight is 262 g/mol. The summed E-state index contributed by atoms with van der Waals surface area (Å²) in [5.74, 6) is 0.642. The zero-order chi connectivity index (χ0) is 14.1. The molecule has 0 aliphatic heterocycles. The summed E-state index contributed by atoms with van der Waals surface area (Å²) in [5.41, 5.74) is 5.84. The predicted molar refractivity (Wildman–Crippen MR) is 88.8 cm³/mol. The fourth-order valence-corrected chi connectivity index (χ4v) is 3.18. The van der Waals surface area contributed by atoms with Gasteiger partial charge in [0.05, 0.1) is 0 Å². The molecule has 2 aromatic rings. The van der Waals surface area contributed by atoms with Gasteiger partial charge in [-0.15, -0.1) is 0 Å². The maximum Gasteiger partial charge on any atom is -0.00852 e. The van der Waals surface area contributed by atoms with Gasteiger partial charge in [0.25, 0.3) is 0 Å². The molecule has 0 saturated carbocycles. The van der Waals surface area contributed by atoms with E-state index in [0.29, 0.717) is 5.92 Å². The van der Waals surface area contributed by atoms with Gasteiger partial charge in [0.15, 0.2) is 0 Å². The number of hydrogen-bond donors (Lipinski definition) is 0. The molecular formula is C20H22. The van der Waals surface area contributed by atoms with Gasteiger partial charge in [0.1, 0.15) is 0 Å². The molecule has 1 aliphatic rings. The molecule has 102 valence electrons. The van der Waals surface area contributed by atoms with E-state index in [2.05, 4.69) is 69.3 Å². The van der Waals surface area contributed by atoms with Crippen molar-refractivity contribution in [1.29, 1.82) is 0 Å². The number of rotatable bonds is 3. The van der Waals surface area contributed by atoms with Gasteiger partial charge in [-0.05, 0) is 58.7 Å². The van der Waals surface area contributed by atoms with Crippen LogP contribution in [-0.2, 0) is 0 Å². The minimum absolute atomic E-state index is 0.642. The molecule has 0 saturated heterocycles. The summed E-state index contributed by atoms with van der Waals surface area (Å²) < 4.78 is 0. The Morgan fingerprint density at radius 2 is 1.80 bits per heavy atom. The maximum atomic E-state index is 2.33. The molecule has 0 aromatic heterocycles. The van der Waals surface area contributed by atoms with Crippen molar-refractivity contribution in [1.82, 2.24) is 0 Å². The van der Waals surface area contributed by atoms with Crippen molar-refractivity contribution in [3.63, 3.8) is 0 Å². The lowest BCUT2D eigenvalue weighted by atomic mass is 9.89. The Bertz CT molecular complexity index is 701. The molecule has 2 aromatic carbocycles. The molecule has 0 heteroatoms. The van der Waals surface area contributed by atoms with Crippen molar-refractivity contribution in [3.8, 4) is 0 Å². The number of aryl methyl sites for hydroxylation is 1. The number of hydrogen-bond acceptors (Lipinski definition) is 0. The van der Waals surface area contributed by atoms with E-state index in [9.17, 15) is 0 Å². The summed E-state index contributed by atoms with van der Waals surface area (Å²) in [6.07, 6.45) is 6.92. The first-order valence-electron chi connectivity index (χ1n) is 7.60. The molecule has 0 nitrogen and oxygen atoms in total. The highest BCUT2D eigenvalue weighted by Gasteiger charge is 2.17. The Morgan fingerprint density at radius 3 is 2.55 bits per heavy atom. The third-order valence-electron chi connectivity index (χ3n) is 4.58. The predicted octanol–water partition coefficient (Wildman–Crippen LogP) is 5.91. The fourth-order valence-electron chi connectivity index (χ4n) is 3.18. The molecule has 1 unspecified atom stereocenters. The van der Waals surface area contributed by atoms with Crippen molar-refractivity contribution < 1.29 is 0 Å². The van der Waals surface area contributed by atoms with Gasteiger partial charge < -0.3 is 0 Å². The van der Waals surface area contributed by atoms with Gasteiger partial charge in [-0.1, -0.05) is 62.4 Å². The van der Waals surface area contributed by atoms with Crippen LogP contribution in [0.3, 0.4) is 0 Å². The SMILES string of the molecule is CCC(C)C1=C(c2ccc(C)c3ccccc23)CC=C1. The second kappa shape index (κ2) is 5.28. The fraction of sp³-hybridized carbons (Fsp3) is 0.300. The molecule has 0 heterocycles. The quantitative estimate of drug-likeness (QED) is 0.645. The van der Waals surface area contributed by atoms with Crippen molar-refractivity contribution in [2.24, 2.45) is 5.92 Å². The van der Waals surface area contributed by atoms with Crippen LogP contribution in [0.2, 0.25) is 0 Å². The van der Waals surface area contributed by atoms with Crippen LogP contribution in [0, 0.1) is 12.8 Å². The van der Waals surface area contributed by atoms with Crippen LogP contribution in [0.15, 0.2) is 54.1 Å². The zero-order valence-electron chi connectivity index (χ0n) is 12.6. The first kappa shape index (κ1) is 13.2. The molecule has 1 aliphatic carbocycles. The third kappa shape index (κ3) is 2.10. The lowest BCUT2D eigenvalue weighted by molar-refractivity contribution is 0.673. The van der Waals surface area contributed by atoms with Gasteiger partial charge in [0.2, 0.25) is 0 Å². The third-order valence-corrected chi connectivity index (χ3v) is 4.58. The highest BCUT2D eigenvalue weighted by Crippen LogP contribution is 2.37. The number of allylic oxidation sites excluding steroid dienone is 4. The molecule has 1 atom stereocenters. The molecule has 3 rings (SSSR count). The minimum atomic E-state index is 0.642. The lowest BCUT2D eigenvalue weighted by Gasteiger charge is -2.16. The highest BCUT2D eigenvalue weighted by atomic mass is 14.2. The van der Waals surface area contributed by atoms with E-state index in [1.165, 1.54) is 39.5 Å². The molecule has 0 bridgehead atoms. The van der Waals surface area contributed by atoms with Crippen LogP contribution < -0.4 is 0 Å². The lowest BCUT2D eigenvalue weighted by Crippen LogP contribution is -1.98. The number of fused-ring (bicyclic) bond motifs is 1. The van der Waals surface area contributed by atoms with Gasteiger partial charge in [-0.2, -0.15) is 0 Å². The summed E-state index contributed by atoms with van der Waals surface area (Å²) in [6, 6.07) is 13.4. The van der Waals surface area contributed by atoms with Gasteiger partial charge in [-0.25, -0.2) is 0 Å². The second-order valence-corrected chi connectivity index (χ2v) is 5.83. The van der Waals surface area contributed by atoms with Gasteiger partial charge >= 0.3 is 0 Å². The molecule has 0 fully saturated rings. The summed E-state index contributed by atoms with van der Waals surface area (Å²) in [7, 11) is 0. The molecule has 0 N–H and O–H groups in total. The van der Waals surface area contributed by atoms with Crippen molar-refractivity contribution in [2.45, 2.75) is 33.6 Å². The van der Waals surface area contributed by atoms with Crippen LogP contribution in [0.4, 0.5) is 0 Å². The summed E-state index contributed by atoms with van der Waals surface area (Å²) in [5, 5.41) is 2.78. The minimum Gasteiger partial charge on any atom is -0.0798 e. The van der Waals surface area contributed by atoms with E-state index in [-0.39, 0.29) is 0 Å². The molecule has 0 spiro atoms. The van der Waals surface area contributed by atoms with Crippen molar-refractivity contribution in [3.05, 3.63) is 65.3 Å². The zero-order valence-corrected chi connectivity index (χ0v) is 12.6. The largest absolute Gasteiger partial charge is 0.0798 e.